The van der Waals surface area contributed by atoms with Crippen molar-refractivity contribution in [2.24, 2.45) is 5.73 Å². The van der Waals surface area contributed by atoms with Gasteiger partial charge in [-0.3, -0.25) is 4.90 Å². The zero-order valence-electron chi connectivity index (χ0n) is 11.3. The zero-order chi connectivity index (χ0) is 13.7. The van der Waals surface area contributed by atoms with Crippen LogP contribution in [0.1, 0.15) is 38.3 Å². The highest BCUT2D eigenvalue weighted by Gasteiger charge is 2.21. The van der Waals surface area contributed by atoms with Crippen molar-refractivity contribution in [3.63, 3.8) is 0 Å². The molecule has 1 aromatic rings. The number of rotatable bonds is 6. The van der Waals surface area contributed by atoms with Gasteiger partial charge in [-0.2, -0.15) is 0 Å². The van der Waals surface area contributed by atoms with Gasteiger partial charge in [0, 0.05) is 23.7 Å². The first-order valence-electron chi connectivity index (χ1n) is 6.41. The summed E-state index contributed by atoms with van der Waals surface area (Å²) in [5, 5.41) is 0.418. The van der Waals surface area contributed by atoms with Gasteiger partial charge in [0.05, 0.1) is 0 Å². The molecule has 0 aliphatic rings. The second-order valence-electron chi connectivity index (χ2n) is 4.59. The van der Waals surface area contributed by atoms with E-state index in [1.165, 1.54) is 12.1 Å². The van der Waals surface area contributed by atoms with Gasteiger partial charge in [-0.25, -0.2) is 4.39 Å². The Hall–Kier alpha value is -0.640. The molecule has 0 radical (unpaired) electrons. The van der Waals surface area contributed by atoms with E-state index in [1.54, 1.807) is 6.07 Å². The van der Waals surface area contributed by atoms with Crippen molar-refractivity contribution in [1.29, 1.82) is 0 Å². The summed E-state index contributed by atoms with van der Waals surface area (Å²) in [7, 11) is 2.04. The molecule has 102 valence electrons. The summed E-state index contributed by atoms with van der Waals surface area (Å²) in [5.74, 6) is -0.311. The molecule has 0 heterocycles. The van der Waals surface area contributed by atoms with Gasteiger partial charge in [0.1, 0.15) is 5.82 Å². The molecule has 1 aromatic carbocycles. The van der Waals surface area contributed by atoms with E-state index in [2.05, 4.69) is 18.7 Å². The fourth-order valence-electron chi connectivity index (χ4n) is 2.42. The average molecular weight is 273 g/mol. The minimum Gasteiger partial charge on any atom is -0.329 e. The van der Waals surface area contributed by atoms with E-state index in [9.17, 15) is 4.39 Å². The molecule has 0 fully saturated rings. The third kappa shape index (κ3) is 3.67. The number of benzene rings is 1. The normalized spacial score (nSPS) is 13.3. The molecule has 0 bridgehead atoms. The summed E-state index contributed by atoms with van der Waals surface area (Å²) in [6.45, 7) is 4.75. The van der Waals surface area contributed by atoms with Crippen molar-refractivity contribution in [1.82, 2.24) is 4.90 Å². The van der Waals surface area contributed by atoms with E-state index >= 15 is 0 Å². The Balaban J connectivity index is 3.01. The monoisotopic (exact) mass is 272 g/mol. The zero-order valence-corrected chi connectivity index (χ0v) is 12.0. The quantitative estimate of drug-likeness (QED) is 0.857. The van der Waals surface area contributed by atoms with E-state index < -0.39 is 0 Å². The van der Waals surface area contributed by atoms with Gasteiger partial charge in [-0.15, -0.1) is 0 Å². The van der Waals surface area contributed by atoms with Gasteiger partial charge >= 0.3 is 0 Å². The molecule has 0 amide bonds. The van der Waals surface area contributed by atoms with E-state index in [0.717, 1.165) is 18.4 Å². The smallest absolute Gasteiger partial charge is 0.125 e. The van der Waals surface area contributed by atoms with Crippen LogP contribution in [0.2, 0.25) is 5.02 Å². The van der Waals surface area contributed by atoms with E-state index in [4.69, 9.17) is 17.3 Å². The molecule has 0 spiro atoms. The number of nitrogens with two attached hydrogens (primary N) is 1. The highest BCUT2D eigenvalue weighted by atomic mass is 35.5. The van der Waals surface area contributed by atoms with Gasteiger partial charge in [-0.1, -0.05) is 25.4 Å². The molecule has 1 atom stereocenters. The second kappa shape index (κ2) is 7.07. The Morgan fingerprint density at radius 2 is 1.89 bits per heavy atom. The van der Waals surface area contributed by atoms with Crippen molar-refractivity contribution in [3.05, 3.63) is 34.6 Å². The molecule has 1 unspecified atom stereocenters. The van der Waals surface area contributed by atoms with E-state index in [1.807, 2.05) is 7.05 Å². The van der Waals surface area contributed by atoms with Crippen LogP contribution in [-0.2, 0) is 0 Å². The predicted molar refractivity (Wildman–Crippen MR) is 75.3 cm³/mol. The first-order chi connectivity index (χ1) is 8.53. The summed E-state index contributed by atoms with van der Waals surface area (Å²) in [5.41, 5.74) is 6.69. The lowest BCUT2D eigenvalue weighted by Gasteiger charge is -2.34. The first-order valence-corrected chi connectivity index (χ1v) is 6.79. The summed E-state index contributed by atoms with van der Waals surface area (Å²) < 4.78 is 13.4. The first kappa shape index (κ1) is 15.4. The van der Waals surface area contributed by atoms with E-state index in [0.29, 0.717) is 17.6 Å². The average Bonchev–Trinajstić information content (AvgIpc) is 2.30. The minimum atomic E-state index is -0.311. The summed E-state index contributed by atoms with van der Waals surface area (Å²) in [6.07, 6.45) is 2.10. The Labute approximate surface area is 114 Å². The lowest BCUT2D eigenvalue weighted by Crippen LogP contribution is -2.38. The van der Waals surface area contributed by atoms with Crippen LogP contribution < -0.4 is 5.73 Å². The number of halogens is 2. The van der Waals surface area contributed by atoms with E-state index in [-0.39, 0.29) is 11.9 Å². The van der Waals surface area contributed by atoms with Crippen molar-refractivity contribution < 1.29 is 4.39 Å². The molecule has 0 saturated carbocycles. The van der Waals surface area contributed by atoms with Crippen LogP contribution in [0.25, 0.3) is 0 Å². The number of hydrogen-bond acceptors (Lipinski definition) is 2. The van der Waals surface area contributed by atoms with Crippen LogP contribution in [-0.4, -0.2) is 24.5 Å². The Kier molecular flexibility index (Phi) is 6.06. The predicted octanol–water partition coefficient (Wildman–Crippen LogP) is 3.60. The molecule has 0 aliphatic carbocycles. The topological polar surface area (TPSA) is 29.3 Å². The number of hydrogen-bond donors (Lipinski definition) is 1. The van der Waals surface area contributed by atoms with Crippen LogP contribution in [0.5, 0.6) is 0 Å². The van der Waals surface area contributed by atoms with Crippen LogP contribution in [0, 0.1) is 5.82 Å². The lowest BCUT2D eigenvalue weighted by atomic mass is 10.0. The van der Waals surface area contributed by atoms with Gasteiger partial charge in [-0.05, 0) is 43.7 Å². The molecular weight excluding hydrogens is 251 g/mol. The van der Waals surface area contributed by atoms with Crippen molar-refractivity contribution in [3.8, 4) is 0 Å². The van der Waals surface area contributed by atoms with Crippen molar-refractivity contribution >= 4 is 11.6 Å². The Bertz CT molecular complexity index is 360. The molecular formula is C14H22ClFN2. The number of likely N-dealkylation sites (N-methyl/N-ethyl adjacent to an activating group) is 1. The van der Waals surface area contributed by atoms with Gasteiger partial charge < -0.3 is 5.73 Å². The molecule has 0 aliphatic heterocycles. The maximum Gasteiger partial charge on any atom is 0.125 e. The SMILES string of the molecule is CCC(CC)N(C)C(CN)c1cc(F)cc(Cl)c1. The Morgan fingerprint density at radius 3 is 2.33 bits per heavy atom. The largest absolute Gasteiger partial charge is 0.329 e. The molecule has 2 nitrogen and oxygen atoms in total. The molecule has 18 heavy (non-hydrogen) atoms. The summed E-state index contributed by atoms with van der Waals surface area (Å²) in [4.78, 5) is 2.21. The van der Waals surface area contributed by atoms with Crippen LogP contribution in [0.3, 0.4) is 0 Å². The summed E-state index contributed by atoms with van der Waals surface area (Å²) >= 11 is 5.90. The lowest BCUT2D eigenvalue weighted by molar-refractivity contribution is 0.167. The maximum absolute atomic E-state index is 13.4. The molecule has 1 rings (SSSR count). The minimum absolute atomic E-state index is 0.00287. The van der Waals surface area contributed by atoms with Gasteiger partial charge in [0.2, 0.25) is 0 Å². The van der Waals surface area contributed by atoms with Crippen LogP contribution in [0.4, 0.5) is 4.39 Å². The molecule has 2 N–H and O–H groups in total. The second-order valence-corrected chi connectivity index (χ2v) is 5.03. The Morgan fingerprint density at radius 1 is 1.28 bits per heavy atom. The van der Waals surface area contributed by atoms with Crippen molar-refractivity contribution in [2.75, 3.05) is 13.6 Å². The van der Waals surface area contributed by atoms with Gasteiger partial charge in [0.25, 0.3) is 0 Å². The maximum atomic E-state index is 13.4. The van der Waals surface area contributed by atoms with Gasteiger partial charge in [0.15, 0.2) is 0 Å². The van der Waals surface area contributed by atoms with Crippen LogP contribution in [0.15, 0.2) is 18.2 Å². The number of nitrogens with zero attached hydrogens (tertiary/aromatic N) is 1. The fraction of sp³-hybridized carbons (Fsp3) is 0.571. The fourth-order valence-corrected chi connectivity index (χ4v) is 2.65. The third-order valence-electron chi connectivity index (χ3n) is 3.50. The summed E-state index contributed by atoms with van der Waals surface area (Å²) in [6, 6.07) is 5.07. The highest BCUT2D eigenvalue weighted by Crippen LogP contribution is 2.26. The molecule has 0 saturated heterocycles. The van der Waals surface area contributed by atoms with Crippen molar-refractivity contribution in [2.45, 2.75) is 38.8 Å². The molecule has 0 aromatic heterocycles. The third-order valence-corrected chi connectivity index (χ3v) is 3.72. The molecule has 4 heteroatoms. The highest BCUT2D eigenvalue weighted by molar-refractivity contribution is 6.30. The standard InChI is InChI=1S/C14H22ClFN2/c1-4-13(5-2)18(3)14(9-17)10-6-11(15)8-12(16)7-10/h6-8,13-14H,4-5,9,17H2,1-3H3. The van der Waals surface area contributed by atoms with Crippen LogP contribution >= 0.6 is 11.6 Å².